The number of fused-ring (bicyclic) bond motifs is 1. The van der Waals surface area contributed by atoms with Gasteiger partial charge in [-0.25, -0.2) is 4.39 Å². The minimum Gasteiger partial charge on any atom is -0.338 e. The topological polar surface area (TPSA) is 64.4 Å². The first-order chi connectivity index (χ1) is 15.0. The third-order valence-corrected chi connectivity index (χ3v) is 7.12. The highest BCUT2D eigenvalue weighted by Crippen LogP contribution is 2.47. The SMILES string of the molecule is N#Cc1cccc(C(=O)N2C[C@H]3CN(C(=O)C4CCC4)[C@@H](c4cccc(F)c4)[C@H]3C2)c1. The van der Waals surface area contributed by atoms with Crippen LogP contribution in [0.4, 0.5) is 4.39 Å². The third-order valence-electron chi connectivity index (χ3n) is 7.12. The van der Waals surface area contributed by atoms with E-state index >= 15 is 0 Å². The van der Waals surface area contributed by atoms with Crippen molar-refractivity contribution in [1.29, 1.82) is 5.26 Å². The zero-order chi connectivity index (χ0) is 21.5. The maximum Gasteiger partial charge on any atom is 0.253 e. The van der Waals surface area contributed by atoms with Crippen molar-refractivity contribution >= 4 is 11.8 Å². The number of rotatable bonds is 3. The maximum atomic E-state index is 14.0. The maximum absolute atomic E-state index is 14.0. The molecule has 2 amide bonds. The molecule has 1 saturated carbocycles. The zero-order valence-electron chi connectivity index (χ0n) is 17.2. The summed E-state index contributed by atoms with van der Waals surface area (Å²) in [7, 11) is 0. The van der Waals surface area contributed by atoms with Gasteiger partial charge in [-0.15, -0.1) is 0 Å². The van der Waals surface area contributed by atoms with Crippen LogP contribution in [0, 0.1) is 34.9 Å². The molecule has 5 rings (SSSR count). The number of halogens is 1. The molecular weight excluding hydrogens is 393 g/mol. The van der Waals surface area contributed by atoms with E-state index in [0.717, 1.165) is 24.8 Å². The Morgan fingerprint density at radius 2 is 1.84 bits per heavy atom. The zero-order valence-corrected chi connectivity index (χ0v) is 17.2. The normalized spacial score (nSPS) is 25.1. The van der Waals surface area contributed by atoms with E-state index in [-0.39, 0.29) is 41.4 Å². The van der Waals surface area contributed by atoms with E-state index in [1.54, 1.807) is 30.3 Å². The lowest BCUT2D eigenvalue weighted by molar-refractivity contribution is -0.139. The molecule has 1 aliphatic carbocycles. The molecule has 0 bridgehead atoms. The van der Waals surface area contributed by atoms with Crippen molar-refractivity contribution in [3.8, 4) is 6.07 Å². The molecule has 158 valence electrons. The van der Waals surface area contributed by atoms with Crippen molar-refractivity contribution in [2.75, 3.05) is 19.6 Å². The molecule has 3 fully saturated rings. The average Bonchev–Trinajstić information content (AvgIpc) is 3.30. The Morgan fingerprint density at radius 3 is 2.55 bits per heavy atom. The summed E-state index contributed by atoms with van der Waals surface area (Å²) in [5.74, 6) is 0.0998. The summed E-state index contributed by atoms with van der Waals surface area (Å²) < 4.78 is 14.0. The van der Waals surface area contributed by atoms with Gasteiger partial charge in [0.2, 0.25) is 5.91 Å². The monoisotopic (exact) mass is 417 g/mol. The summed E-state index contributed by atoms with van der Waals surface area (Å²) in [6.45, 7) is 1.69. The number of carbonyl (C=O) groups excluding carboxylic acids is 2. The van der Waals surface area contributed by atoms with Gasteiger partial charge >= 0.3 is 0 Å². The summed E-state index contributed by atoms with van der Waals surface area (Å²) in [6.07, 6.45) is 2.95. The van der Waals surface area contributed by atoms with Crippen molar-refractivity contribution in [3.05, 3.63) is 71.0 Å². The first-order valence-corrected chi connectivity index (χ1v) is 10.9. The average molecular weight is 417 g/mol. The highest BCUT2D eigenvalue weighted by Gasteiger charge is 2.51. The van der Waals surface area contributed by atoms with Crippen LogP contribution in [0.15, 0.2) is 48.5 Å². The van der Waals surface area contributed by atoms with Crippen molar-refractivity contribution in [1.82, 2.24) is 9.80 Å². The van der Waals surface area contributed by atoms with E-state index in [4.69, 9.17) is 5.26 Å². The Labute approximate surface area is 181 Å². The van der Waals surface area contributed by atoms with Gasteiger partial charge in [-0.3, -0.25) is 9.59 Å². The number of hydrogen-bond donors (Lipinski definition) is 0. The number of likely N-dealkylation sites (tertiary alicyclic amines) is 2. The Hall–Kier alpha value is -3.20. The highest BCUT2D eigenvalue weighted by molar-refractivity contribution is 5.94. The molecule has 31 heavy (non-hydrogen) atoms. The fourth-order valence-electron chi connectivity index (χ4n) is 5.35. The van der Waals surface area contributed by atoms with Crippen molar-refractivity contribution < 1.29 is 14.0 Å². The van der Waals surface area contributed by atoms with Gasteiger partial charge in [-0.2, -0.15) is 5.26 Å². The second kappa shape index (κ2) is 7.81. The van der Waals surface area contributed by atoms with E-state index in [1.165, 1.54) is 12.1 Å². The molecule has 2 saturated heterocycles. The fraction of sp³-hybridized carbons (Fsp3) is 0.400. The summed E-state index contributed by atoms with van der Waals surface area (Å²) in [5, 5.41) is 9.13. The van der Waals surface area contributed by atoms with Crippen LogP contribution in [-0.2, 0) is 4.79 Å². The molecule has 3 aliphatic rings. The molecule has 2 heterocycles. The number of carbonyl (C=O) groups is 2. The largest absolute Gasteiger partial charge is 0.338 e. The van der Waals surface area contributed by atoms with E-state index in [0.29, 0.717) is 30.8 Å². The van der Waals surface area contributed by atoms with E-state index in [9.17, 15) is 14.0 Å². The number of nitrogens with zero attached hydrogens (tertiary/aromatic N) is 3. The van der Waals surface area contributed by atoms with Crippen LogP contribution < -0.4 is 0 Å². The van der Waals surface area contributed by atoms with Gasteiger partial charge < -0.3 is 9.80 Å². The van der Waals surface area contributed by atoms with Crippen LogP contribution in [0.5, 0.6) is 0 Å². The van der Waals surface area contributed by atoms with Crippen molar-refractivity contribution in [3.63, 3.8) is 0 Å². The van der Waals surface area contributed by atoms with Crippen LogP contribution in [0.25, 0.3) is 0 Å². The lowest BCUT2D eigenvalue weighted by Crippen LogP contribution is -2.41. The highest BCUT2D eigenvalue weighted by atomic mass is 19.1. The summed E-state index contributed by atoms with van der Waals surface area (Å²) in [6, 6.07) is 15.1. The van der Waals surface area contributed by atoms with Crippen LogP contribution in [0.1, 0.15) is 46.8 Å². The van der Waals surface area contributed by atoms with E-state index in [1.807, 2.05) is 15.9 Å². The molecule has 2 aliphatic heterocycles. The summed E-state index contributed by atoms with van der Waals surface area (Å²) in [5.41, 5.74) is 1.77. The molecule has 2 aromatic carbocycles. The van der Waals surface area contributed by atoms with Crippen LogP contribution >= 0.6 is 0 Å². The smallest absolute Gasteiger partial charge is 0.253 e. The number of hydrogen-bond acceptors (Lipinski definition) is 3. The standard InChI is InChI=1S/C25H24FN3O2/c26-21-9-3-7-18(11-21)23-22-15-28(24(30)19-8-1-4-16(10-19)12-27)13-20(22)14-29(23)25(31)17-5-2-6-17/h1,3-4,7-11,17,20,22-23H,2,5-6,13-15H2/t20-,22-,23-/m0/s1. The van der Waals surface area contributed by atoms with Crippen molar-refractivity contribution in [2.45, 2.75) is 25.3 Å². The third kappa shape index (κ3) is 3.48. The lowest BCUT2D eigenvalue weighted by atomic mass is 9.83. The first-order valence-electron chi connectivity index (χ1n) is 10.9. The Morgan fingerprint density at radius 1 is 1.03 bits per heavy atom. The molecular formula is C25H24FN3O2. The predicted molar refractivity (Wildman–Crippen MR) is 112 cm³/mol. The molecule has 5 nitrogen and oxygen atoms in total. The van der Waals surface area contributed by atoms with Gasteiger partial charge in [-0.1, -0.05) is 24.6 Å². The number of benzene rings is 2. The van der Waals surface area contributed by atoms with E-state index in [2.05, 4.69) is 6.07 Å². The lowest BCUT2D eigenvalue weighted by Gasteiger charge is -2.35. The second-order valence-corrected chi connectivity index (χ2v) is 8.94. The number of amides is 2. The van der Waals surface area contributed by atoms with Crippen LogP contribution in [0.2, 0.25) is 0 Å². The van der Waals surface area contributed by atoms with E-state index < -0.39 is 0 Å². The minimum absolute atomic E-state index is 0.0777. The molecule has 0 spiro atoms. The molecule has 0 unspecified atom stereocenters. The molecule has 0 N–H and O–H groups in total. The minimum atomic E-state index is -0.309. The molecule has 3 atom stereocenters. The summed E-state index contributed by atoms with van der Waals surface area (Å²) >= 11 is 0. The van der Waals surface area contributed by atoms with Crippen LogP contribution in [0.3, 0.4) is 0 Å². The van der Waals surface area contributed by atoms with Crippen molar-refractivity contribution in [2.24, 2.45) is 17.8 Å². The fourth-order valence-corrected chi connectivity index (χ4v) is 5.35. The molecule has 0 aromatic heterocycles. The van der Waals surface area contributed by atoms with Crippen LogP contribution in [-0.4, -0.2) is 41.2 Å². The Kier molecular flexibility index (Phi) is 4.97. The predicted octanol–water partition coefficient (Wildman–Crippen LogP) is 3.77. The molecule has 2 aromatic rings. The second-order valence-electron chi connectivity index (χ2n) is 8.94. The Bertz CT molecular complexity index is 1070. The van der Waals surface area contributed by atoms with Gasteiger partial charge in [0, 0.05) is 43.0 Å². The van der Waals surface area contributed by atoms with Gasteiger partial charge in [0.05, 0.1) is 17.7 Å². The van der Waals surface area contributed by atoms with Gasteiger partial charge in [0.1, 0.15) is 5.82 Å². The summed E-state index contributed by atoms with van der Waals surface area (Å²) in [4.78, 5) is 30.0. The first kappa shape index (κ1) is 19.7. The quantitative estimate of drug-likeness (QED) is 0.764. The van der Waals surface area contributed by atoms with Gasteiger partial charge in [0.15, 0.2) is 0 Å². The Balaban J connectivity index is 1.41. The van der Waals surface area contributed by atoms with Gasteiger partial charge in [-0.05, 0) is 48.7 Å². The number of nitriles is 1. The molecule has 6 heteroatoms. The van der Waals surface area contributed by atoms with Gasteiger partial charge in [0.25, 0.3) is 5.91 Å². The molecule has 0 radical (unpaired) electrons.